The molecule has 1 aromatic rings. The number of rotatable bonds is 9. The molecular formula is C20H29ClN2O5. The van der Waals surface area contributed by atoms with Crippen LogP contribution in [0.2, 0.25) is 5.02 Å². The molecule has 0 aliphatic carbocycles. The van der Waals surface area contributed by atoms with Gasteiger partial charge in [-0.1, -0.05) is 11.6 Å². The van der Waals surface area contributed by atoms with Gasteiger partial charge in [0.15, 0.2) is 6.61 Å². The van der Waals surface area contributed by atoms with Crippen molar-refractivity contribution in [1.82, 2.24) is 10.2 Å². The number of nitrogens with one attached hydrogen (secondary N) is 1. The summed E-state index contributed by atoms with van der Waals surface area (Å²) < 4.78 is 10.5. The summed E-state index contributed by atoms with van der Waals surface area (Å²) in [5, 5.41) is 3.43. The molecular weight excluding hydrogens is 384 g/mol. The fraction of sp³-hybridized carbons (Fsp3) is 0.550. The molecule has 0 aliphatic rings. The van der Waals surface area contributed by atoms with E-state index in [4.69, 9.17) is 21.1 Å². The molecule has 0 spiro atoms. The number of hydrogen-bond donors (Lipinski definition) is 1. The third-order valence-corrected chi connectivity index (χ3v) is 4.03. The first-order valence-corrected chi connectivity index (χ1v) is 9.45. The van der Waals surface area contributed by atoms with E-state index in [1.165, 1.54) is 11.9 Å². The first-order chi connectivity index (χ1) is 13.0. The number of ether oxygens (including phenoxy) is 2. The number of carbonyl (C=O) groups excluding carboxylic acids is 3. The van der Waals surface area contributed by atoms with Crippen molar-refractivity contribution in [1.29, 1.82) is 0 Å². The van der Waals surface area contributed by atoms with E-state index in [2.05, 4.69) is 5.32 Å². The Morgan fingerprint density at radius 1 is 1.21 bits per heavy atom. The molecule has 8 heteroatoms. The topological polar surface area (TPSA) is 84.9 Å². The standard InChI is InChI=1S/C20H29ClN2O5/c1-14-11-15(8-9-16(14)21)27-10-6-7-19(26)28-13-18(25)23(5)12-17(24)22-20(2,3)4/h8-9,11H,6-7,10,12-13H2,1-5H3,(H,22,24). The second-order valence-electron chi connectivity index (χ2n) is 7.57. The van der Waals surface area contributed by atoms with Crippen molar-refractivity contribution in [2.24, 2.45) is 0 Å². The molecule has 0 fully saturated rings. The molecule has 0 aliphatic heterocycles. The lowest BCUT2D eigenvalue weighted by molar-refractivity contribution is -0.152. The lowest BCUT2D eigenvalue weighted by Gasteiger charge is -2.23. The van der Waals surface area contributed by atoms with Crippen molar-refractivity contribution in [3.63, 3.8) is 0 Å². The third kappa shape index (κ3) is 9.60. The maximum atomic E-state index is 12.0. The molecule has 28 heavy (non-hydrogen) atoms. The first-order valence-electron chi connectivity index (χ1n) is 9.07. The number of likely N-dealkylation sites (N-methyl/N-ethyl adjacent to an activating group) is 1. The predicted octanol–water partition coefficient (Wildman–Crippen LogP) is 2.72. The number of carbonyl (C=O) groups is 3. The zero-order valence-corrected chi connectivity index (χ0v) is 17.9. The van der Waals surface area contributed by atoms with Crippen molar-refractivity contribution in [2.75, 3.05) is 26.8 Å². The minimum atomic E-state index is -0.489. The van der Waals surface area contributed by atoms with Crippen molar-refractivity contribution in [3.8, 4) is 5.75 Å². The van der Waals surface area contributed by atoms with Crippen molar-refractivity contribution < 1.29 is 23.9 Å². The van der Waals surface area contributed by atoms with Gasteiger partial charge in [0, 0.05) is 24.0 Å². The fourth-order valence-electron chi connectivity index (χ4n) is 2.20. The van der Waals surface area contributed by atoms with Gasteiger partial charge in [-0.15, -0.1) is 0 Å². The van der Waals surface area contributed by atoms with E-state index < -0.39 is 18.5 Å². The summed E-state index contributed by atoms with van der Waals surface area (Å²) >= 11 is 5.95. The first kappa shape index (κ1) is 23.8. The molecule has 1 aromatic carbocycles. The van der Waals surface area contributed by atoms with Gasteiger partial charge in [-0.3, -0.25) is 14.4 Å². The summed E-state index contributed by atoms with van der Waals surface area (Å²) in [6, 6.07) is 5.34. The van der Waals surface area contributed by atoms with Crippen LogP contribution in [0, 0.1) is 6.92 Å². The van der Waals surface area contributed by atoms with E-state index >= 15 is 0 Å². The largest absolute Gasteiger partial charge is 0.494 e. The van der Waals surface area contributed by atoms with Gasteiger partial charge in [-0.2, -0.15) is 0 Å². The number of aryl methyl sites for hydroxylation is 1. The highest BCUT2D eigenvalue weighted by Crippen LogP contribution is 2.21. The second kappa shape index (κ2) is 10.9. The molecule has 0 bridgehead atoms. The summed E-state index contributed by atoms with van der Waals surface area (Å²) in [7, 11) is 1.49. The second-order valence-corrected chi connectivity index (χ2v) is 7.98. The lowest BCUT2D eigenvalue weighted by Crippen LogP contribution is -2.46. The highest BCUT2D eigenvalue weighted by atomic mass is 35.5. The zero-order valence-electron chi connectivity index (χ0n) is 17.1. The Morgan fingerprint density at radius 3 is 2.50 bits per heavy atom. The molecule has 0 heterocycles. The SMILES string of the molecule is Cc1cc(OCCCC(=O)OCC(=O)N(C)CC(=O)NC(C)(C)C)ccc1Cl. The summed E-state index contributed by atoms with van der Waals surface area (Å²) in [6.07, 6.45) is 0.590. The summed E-state index contributed by atoms with van der Waals surface area (Å²) in [6.45, 7) is 7.30. The average molecular weight is 413 g/mol. The Labute approximate surface area is 171 Å². The maximum absolute atomic E-state index is 12.0. The van der Waals surface area contributed by atoms with Crippen molar-refractivity contribution >= 4 is 29.4 Å². The number of amides is 2. The maximum Gasteiger partial charge on any atom is 0.306 e. The van der Waals surface area contributed by atoms with E-state index in [1.807, 2.05) is 33.8 Å². The summed E-state index contributed by atoms with van der Waals surface area (Å²) in [5.74, 6) is -0.521. The molecule has 0 saturated heterocycles. The van der Waals surface area contributed by atoms with E-state index in [-0.39, 0.29) is 24.4 Å². The lowest BCUT2D eigenvalue weighted by atomic mass is 10.1. The molecule has 0 radical (unpaired) electrons. The molecule has 1 rings (SSSR count). The van der Waals surface area contributed by atoms with Crippen LogP contribution in [0.5, 0.6) is 5.75 Å². The molecule has 0 aromatic heterocycles. The van der Waals surface area contributed by atoms with Crippen LogP contribution in [0.1, 0.15) is 39.2 Å². The number of halogens is 1. The van der Waals surface area contributed by atoms with Crippen LogP contribution in [0.4, 0.5) is 0 Å². The summed E-state index contributed by atoms with van der Waals surface area (Å²) in [4.78, 5) is 36.7. The highest BCUT2D eigenvalue weighted by molar-refractivity contribution is 6.31. The van der Waals surface area contributed by atoms with Crippen molar-refractivity contribution in [2.45, 2.75) is 46.1 Å². The summed E-state index contributed by atoms with van der Waals surface area (Å²) in [5.41, 5.74) is 0.539. The van der Waals surface area contributed by atoms with Crippen LogP contribution >= 0.6 is 11.6 Å². The van der Waals surface area contributed by atoms with Crippen molar-refractivity contribution in [3.05, 3.63) is 28.8 Å². The fourth-order valence-corrected chi connectivity index (χ4v) is 2.32. The van der Waals surface area contributed by atoms with Crippen LogP contribution in [-0.4, -0.2) is 55.0 Å². The number of esters is 1. The van der Waals surface area contributed by atoms with Gasteiger partial charge < -0.3 is 19.7 Å². The number of hydrogen-bond acceptors (Lipinski definition) is 5. The van der Waals surface area contributed by atoms with E-state index in [1.54, 1.807) is 12.1 Å². The Balaban J connectivity index is 2.23. The normalized spacial score (nSPS) is 10.9. The van der Waals surface area contributed by atoms with E-state index in [0.717, 1.165) is 5.56 Å². The Bertz CT molecular complexity index is 700. The Morgan fingerprint density at radius 2 is 1.89 bits per heavy atom. The molecule has 7 nitrogen and oxygen atoms in total. The van der Waals surface area contributed by atoms with Gasteiger partial charge in [-0.25, -0.2) is 0 Å². The van der Waals surface area contributed by atoms with E-state index in [9.17, 15) is 14.4 Å². The number of benzene rings is 1. The smallest absolute Gasteiger partial charge is 0.306 e. The molecule has 1 N–H and O–H groups in total. The minimum Gasteiger partial charge on any atom is -0.494 e. The quantitative estimate of drug-likeness (QED) is 0.498. The van der Waals surface area contributed by atoms with Gasteiger partial charge in [0.1, 0.15) is 5.75 Å². The van der Waals surface area contributed by atoms with Crippen LogP contribution in [0.3, 0.4) is 0 Å². The van der Waals surface area contributed by atoms with Gasteiger partial charge in [0.2, 0.25) is 5.91 Å². The Kier molecular flexibility index (Phi) is 9.25. The predicted molar refractivity (Wildman–Crippen MR) is 107 cm³/mol. The van der Waals surface area contributed by atoms with Crippen LogP contribution in [0.25, 0.3) is 0 Å². The van der Waals surface area contributed by atoms with Crippen LogP contribution in [0.15, 0.2) is 18.2 Å². The monoisotopic (exact) mass is 412 g/mol. The minimum absolute atomic E-state index is 0.0952. The van der Waals surface area contributed by atoms with Crippen LogP contribution < -0.4 is 10.1 Å². The Hall–Kier alpha value is -2.28. The number of nitrogens with zero attached hydrogens (tertiary/aromatic N) is 1. The highest BCUT2D eigenvalue weighted by Gasteiger charge is 2.18. The molecule has 156 valence electrons. The molecule has 0 unspecified atom stereocenters. The van der Waals surface area contributed by atoms with Crippen LogP contribution in [-0.2, 0) is 19.1 Å². The van der Waals surface area contributed by atoms with Gasteiger partial charge in [0.25, 0.3) is 5.91 Å². The average Bonchev–Trinajstić information content (AvgIpc) is 2.57. The van der Waals surface area contributed by atoms with Gasteiger partial charge in [0.05, 0.1) is 13.2 Å². The third-order valence-electron chi connectivity index (χ3n) is 3.60. The molecule has 2 amide bonds. The van der Waals surface area contributed by atoms with Gasteiger partial charge >= 0.3 is 5.97 Å². The van der Waals surface area contributed by atoms with Gasteiger partial charge in [-0.05, 0) is 57.9 Å². The molecule has 0 atom stereocenters. The molecule has 0 saturated carbocycles. The zero-order chi connectivity index (χ0) is 21.3. The van der Waals surface area contributed by atoms with E-state index in [0.29, 0.717) is 23.8 Å².